The summed E-state index contributed by atoms with van der Waals surface area (Å²) < 4.78 is 5.83. The van der Waals surface area contributed by atoms with Crippen LogP contribution in [0.25, 0.3) is 6.08 Å². The minimum atomic E-state index is 0. The van der Waals surface area contributed by atoms with Crippen LogP contribution in [0.3, 0.4) is 0 Å². The van der Waals surface area contributed by atoms with Crippen molar-refractivity contribution in [1.82, 2.24) is 5.32 Å². The predicted octanol–water partition coefficient (Wildman–Crippen LogP) is 4.63. The van der Waals surface area contributed by atoms with Gasteiger partial charge in [0.1, 0.15) is 11.5 Å². The van der Waals surface area contributed by atoms with Crippen molar-refractivity contribution in [3.63, 3.8) is 0 Å². The minimum Gasteiger partial charge on any atom is -0.457 e. The first-order valence-corrected chi connectivity index (χ1v) is 6.67. The van der Waals surface area contributed by atoms with Crippen LogP contribution in [0, 0.1) is 0 Å². The standard InChI is InChI=1S/C17H17NO.ClH/c1-2-8-16(9-3-1)19-17-10-4-6-14(13-17)12-15-7-5-11-18-15;/h1-4,6,8-10,12-13,18H,5,7,11H2;1H/b15-12+;. The van der Waals surface area contributed by atoms with Gasteiger partial charge in [-0.1, -0.05) is 30.3 Å². The Morgan fingerprint density at radius 1 is 0.950 bits per heavy atom. The highest BCUT2D eigenvalue weighted by Crippen LogP contribution is 2.23. The third-order valence-corrected chi connectivity index (χ3v) is 3.15. The van der Waals surface area contributed by atoms with Crippen molar-refractivity contribution in [3.05, 3.63) is 65.9 Å². The molecule has 1 saturated heterocycles. The van der Waals surface area contributed by atoms with Gasteiger partial charge in [0.2, 0.25) is 0 Å². The second-order valence-electron chi connectivity index (χ2n) is 4.69. The van der Waals surface area contributed by atoms with Crippen LogP contribution >= 0.6 is 12.4 Å². The molecule has 0 saturated carbocycles. The van der Waals surface area contributed by atoms with E-state index in [9.17, 15) is 0 Å². The predicted molar refractivity (Wildman–Crippen MR) is 85.4 cm³/mol. The summed E-state index contributed by atoms with van der Waals surface area (Å²) in [4.78, 5) is 0. The average molecular weight is 288 g/mol. The zero-order chi connectivity index (χ0) is 12.9. The van der Waals surface area contributed by atoms with E-state index in [-0.39, 0.29) is 12.4 Å². The van der Waals surface area contributed by atoms with Gasteiger partial charge in [0.05, 0.1) is 0 Å². The molecule has 2 aromatic rings. The second-order valence-corrected chi connectivity index (χ2v) is 4.69. The topological polar surface area (TPSA) is 21.3 Å². The molecule has 1 heterocycles. The number of hydrogen-bond acceptors (Lipinski definition) is 2. The van der Waals surface area contributed by atoms with E-state index in [1.165, 1.54) is 17.7 Å². The summed E-state index contributed by atoms with van der Waals surface area (Å²) in [7, 11) is 0. The molecule has 2 nitrogen and oxygen atoms in total. The number of allylic oxidation sites excluding steroid dienone is 1. The largest absolute Gasteiger partial charge is 0.457 e. The Morgan fingerprint density at radius 2 is 1.75 bits per heavy atom. The molecule has 1 N–H and O–H groups in total. The van der Waals surface area contributed by atoms with E-state index in [2.05, 4.69) is 23.5 Å². The SMILES string of the molecule is C(=C1/CCCN1)/c1cccc(Oc2ccccc2)c1.Cl. The summed E-state index contributed by atoms with van der Waals surface area (Å²) in [6.45, 7) is 1.09. The lowest BCUT2D eigenvalue weighted by atomic mass is 10.1. The van der Waals surface area contributed by atoms with Gasteiger partial charge >= 0.3 is 0 Å². The Morgan fingerprint density at radius 3 is 2.50 bits per heavy atom. The number of benzene rings is 2. The molecule has 0 aromatic heterocycles. The quantitative estimate of drug-likeness (QED) is 0.889. The highest BCUT2D eigenvalue weighted by atomic mass is 35.5. The summed E-state index contributed by atoms with van der Waals surface area (Å²) in [6, 6.07) is 18.0. The van der Waals surface area contributed by atoms with Gasteiger partial charge in [0, 0.05) is 12.2 Å². The van der Waals surface area contributed by atoms with Crippen LogP contribution in [-0.2, 0) is 0 Å². The number of ether oxygens (including phenoxy) is 1. The molecular formula is C17H18ClNO. The normalized spacial score (nSPS) is 15.5. The van der Waals surface area contributed by atoms with Crippen molar-refractivity contribution >= 4 is 18.5 Å². The van der Waals surface area contributed by atoms with Gasteiger partial charge in [-0.05, 0) is 48.7 Å². The number of nitrogens with one attached hydrogen (secondary N) is 1. The van der Waals surface area contributed by atoms with Crippen LogP contribution in [0.1, 0.15) is 18.4 Å². The molecule has 0 atom stereocenters. The maximum Gasteiger partial charge on any atom is 0.128 e. The van der Waals surface area contributed by atoms with Crippen LogP contribution in [-0.4, -0.2) is 6.54 Å². The molecule has 104 valence electrons. The van der Waals surface area contributed by atoms with E-state index in [0.717, 1.165) is 24.5 Å². The molecule has 1 fully saturated rings. The summed E-state index contributed by atoms with van der Waals surface area (Å²) in [5.74, 6) is 1.74. The van der Waals surface area contributed by atoms with E-state index in [0.29, 0.717) is 0 Å². The zero-order valence-electron chi connectivity index (χ0n) is 11.2. The van der Waals surface area contributed by atoms with Crippen LogP contribution in [0.5, 0.6) is 11.5 Å². The molecule has 0 aliphatic carbocycles. The lowest BCUT2D eigenvalue weighted by Gasteiger charge is -2.06. The van der Waals surface area contributed by atoms with Crippen LogP contribution < -0.4 is 10.1 Å². The summed E-state index contributed by atoms with van der Waals surface area (Å²) in [6.07, 6.45) is 4.57. The minimum absolute atomic E-state index is 0. The lowest BCUT2D eigenvalue weighted by Crippen LogP contribution is -2.02. The molecule has 2 aromatic carbocycles. The Labute approximate surface area is 125 Å². The molecule has 3 heteroatoms. The summed E-state index contributed by atoms with van der Waals surface area (Å²) >= 11 is 0. The third-order valence-electron chi connectivity index (χ3n) is 3.15. The number of para-hydroxylation sites is 1. The average Bonchev–Trinajstić information content (AvgIpc) is 2.93. The maximum absolute atomic E-state index is 5.83. The summed E-state index contributed by atoms with van der Waals surface area (Å²) in [5.41, 5.74) is 2.50. The van der Waals surface area contributed by atoms with E-state index >= 15 is 0 Å². The first kappa shape index (κ1) is 14.5. The molecule has 0 radical (unpaired) electrons. The Kier molecular flexibility index (Phi) is 5.08. The van der Waals surface area contributed by atoms with E-state index in [1.807, 2.05) is 42.5 Å². The van der Waals surface area contributed by atoms with Crippen LogP contribution in [0.2, 0.25) is 0 Å². The Balaban J connectivity index is 0.00000147. The number of rotatable bonds is 3. The smallest absolute Gasteiger partial charge is 0.128 e. The Bertz CT molecular complexity index is 573. The monoisotopic (exact) mass is 287 g/mol. The lowest BCUT2D eigenvalue weighted by molar-refractivity contribution is 0.482. The number of hydrogen-bond donors (Lipinski definition) is 1. The van der Waals surface area contributed by atoms with Crippen molar-refractivity contribution in [1.29, 1.82) is 0 Å². The van der Waals surface area contributed by atoms with Gasteiger partial charge < -0.3 is 10.1 Å². The number of halogens is 1. The molecule has 1 aliphatic heterocycles. The third kappa shape index (κ3) is 3.78. The van der Waals surface area contributed by atoms with Gasteiger partial charge in [0.25, 0.3) is 0 Å². The second kappa shape index (κ2) is 7.01. The molecule has 1 aliphatic rings. The first-order valence-electron chi connectivity index (χ1n) is 6.67. The van der Waals surface area contributed by atoms with E-state index < -0.39 is 0 Å². The van der Waals surface area contributed by atoms with Crippen molar-refractivity contribution in [2.75, 3.05) is 6.54 Å². The molecule has 3 rings (SSSR count). The summed E-state index contributed by atoms with van der Waals surface area (Å²) in [5, 5.41) is 3.39. The van der Waals surface area contributed by atoms with Crippen molar-refractivity contribution in [3.8, 4) is 11.5 Å². The molecular weight excluding hydrogens is 270 g/mol. The van der Waals surface area contributed by atoms with Crippen molar-refractivity contribution in [2.45, 2.75) is 12.8 Å². The van der Waals surface area contributed by atoms with E-state index in [1.54, 1.807) is 0 Å². The van der Waals surface area contributed by atoms with Gasteiger partial charge in [0.15, 0.2) is 0 Å². The van der Waals surface area contributed by atoms with Gasteiger partial charge in [-0.15, -0.1) is 12.4 Å². The van der Waals surface area contributed by atoms with Crippen molar-refractivity contribution < 1.29 is 4.74 Å². The fourth-order valence-corrected chi connectivity index (χ4v) is 2.23. The molecule has 0 bridgehead atoms. The van der Waals surface area contributed by atoms with Crippen LogP contribution in [0.15, 0.2) is 60.3 Å². The van der Waals surface area contributed by atoms with Crippen LogP contribution in [0.4, 0.5) is 0 Å². The van der Waals surface area contributed by atoms with Gasteiger partial charge in [-0.2, -0.15) is 0 Å². The molecule has 20 heavy (non-hydrogen) atoms. The van der Waals surface area contributed by atoms with E-state index in [4.69, 9.17) is 4.74 Å². The molecule has 0 amide bonds. The Hall–Kier alpha value is -1.93. The zero-order valence-corrected chi connectivity index (χ0v) is 12.0. The fraction of sp³-hybridized carbons (Fsp3) is 0.176. The van der Waals surface area contributed by atoms with Crippen molar-refractivity contribution in [2.24, 2.45) is 0 Å². The fourth-order valence-electron chi connectivity index (χ4n) is 2.23. The highest BCUT2D eigenvalue weighted by molar-refractivity contribution is 5.85. The van der Waals surface area contributed by atoms with Gasteiger partial charge in [-0.25, -0.2) is 0 Å². The van der Waals surface area contributed by atoms with Gasteiger partial charge in [-0.3, -0.25) is 0 Å². The molecule has 0 unspecified atom stereocenters. The maximum atomic E-state index is 5.83. The highest BCUT2D eigenvalue weighted by Gasteiger charge is 2.05. The molecule has 0 spiro atoms. The first-order chi connectivity index (χ1) is 9.40.